The van der Waals surface area contributed by atoms with Crippen LogP contribution in [0.1, 0.15) is 26.3 Å². The normalized spacial score (nSPS) is 14.4. The molecule has 0 bridgehead atoms. The molecule has 0 aliphatic carbocycles. The molecule has 0 saturated heterocycles. The maximum atomic E-state index is 11.7. The van der Waals surface area contributed by atoms with Crippen LogP contribution in [0.3, 0.4) is 0 Å². The number of hydrogen-bond donors (Lipinski definition) is 0. The first kappa shape index (κ1) is 14.0. The molecule has 0 aliphatic rings. The third kappa shape index (κ3) is 4.09. The third-order valence-corrected chi connectivity index (χ3v) is 3.94. The van der Waals surface area contributed by atoms with Crippen LogP contribution in [0.5, 0.6) is 0 Å². The highest BCUT2D eigenvalue weighted by Gasteiger charge is 2.25. The molecule has 0 saturated carbocycles. The van der Waals surface area contributed by atoms with E-state index in [1.807, 2.05) is 32.9 Å². The average Bonchev–Trinajstić information content (AvgIpc) is 2.14. The minimum Gasteiger partial charge on any atom is -0.591 e. The second-order valence-electron chi connectivity index (χ2n) is 4.26. The quantitative estimate of drug-likeness (QED) is 0.599. The average molecular weight is 323 g/mol. The Morgan fingerprint density at radius 2 is 2.06 bits per heavy atom. The summed E-state index contributed by atoms with van der Waals surface area (Å²) in [5, 5.41) is 0.587. The predicted molar refractivity (Wildman–Crippen MR) is 74.6 cm³/mol. The summed E-state index contributed by atoms with van der Waals surface area (Å²) in [4.78, 5) is 0. The van der Waals surface area contributed by atoms with E-state index in [9.17, 15) is 4.55 Å². The molecule has 0 aliphatic heterocycles. The Kier molecular flexibility index (Phi) is 4.86. The maximum Gasteiger partial charge on any atom is 0.144 e. The van der Waals surface area contributed by atoms with Crippen molar-refractivity contribution in [1.29, 1.82) is 0 Å². The van der Waals surface area contributed by atoms with Crippen molar-refractivity contribution in [2.45, 2.75) is 25.5 Å². The molecule has 0 N–H and O–H groups in total. The summed E-state index contributed by atoms with van der Waals surface area (Å²) in [7, 11) is 0. The Morgan fingerprint density at radius 1 is 1.44 bits per heavy atom. The summed E-state index contributed by atoms with van der Waals surface area (Å²) >= 11 is 8.07. The van der Waals surface area contributed by atoms with Crippen molar-refractivity contribution in [2.24, 2.45) is 4.40 Å². The number of halogens is 2. The Balaban J connectivity index is 2.85. The standard InChI is InChI=1S/C11H13BrClNOS/c1-11(2,3)16(15)14-7-8-4-5-9(12)6-10(8)13/h4-7H,1-3H3/t16-/m1/s1. The van der Waals surface area contributed by atoms with Gasteiger partial charge in [-0.15, -0.1) is 0 Å². The summed E-state index contributed by atoms with van der Waals surface area (Å²) in [5.74, 6) is 0. The topological polar surface area (TPSA) is 35.4 Å². The van der Waals surface area contributed by atoms with Gasteiger partial charge in [0.15, 0.2) is 0 Å². The van der Waals surface area contributed by atoms with Crippen LogP contribution in [-0.4, -0.2) is 15.5 Å². The van der Waals surface area contributed by atoms with Crippen molar-refractivity contribution in [3.8, 4) is 0 Å². The van der Waals surface area contributed by atoms with E-state index in [1.165, 1.54) is 0 Å². The van der Waals surface area contributed by atoms with E-state index in [0.717, 1.165) is 10.0 Å². The highest BCUT2D eigenvalue weighted by Crippen LogP contribution is 2.21. The zero-order valence-corrected chi connectivity index (χ0v) is 12.5. The lowest BCUT2D eigenvalue weighted by Crippen LogP contribution is -2.25. The van der Waals surface area contributed by atoms with Crippen LogP contribution >= 0.6 is 27.5 Å². The molecule has 1 atom stereocenters. The van der Waals surface area contributed by atoms with E-state index < -0.39 is 11.4 Å². The molecular weight excluding hydrogens is 310 g/mol. The van der Waals surface area contributed by atoms with Crippen molar-refractivity contribution in [3.05, 3.63) is 33.3 Å². The van der Waals surface area contributed by atoms with Gasteiger partial charge in [0.2, 0.25) is 0 Å². The fourth-order valence-corrected chi connectivity index (χ4v) is 2.12. The van der Waals surface area contributed by atoms with E-state index in [-0.39, 0.29) is 4.75 Å². The molecule has 0 spiro atoms. The molecule has 0 radical (unpaired) electrons. The van der Waals surface area contributed by atoms with Crippen molar-refractivity contribution in [2.75, 3.05) is 0 Å². The van der Waals surface area contributed by atoms with Crippen LogP contribution < -0.4 is 0 Å². The van der Waals surface area contributed by atoms with Crippen LogP contribution in [-0.2, 0) is 11.4 Å². The lowest BCUT2D eigenvalue weighted by Gasteiger charge is -2.17. The minimum absolute atomic E-state index is 0.349. The number of nitrogens with zero attached hydrogens (tertiary/aromatic N) is 1. The largest absolute Gasteiger partial charge is 0.591 e. The van der Waals surface area contributed by atoms with Gasteiger partial charge in [0, 0.05) is 10.0 Å². The Morgan fingerprint density at radius 3 is 2.56 bits per heavy atom. The fraction of sp³-hybridized carbons (Fsp3) is 0.364. The van der Waals surface area contributed by atoms with Crippen molar-refractivity contribution >= 4 is 45.1 Å². The molecule has 1 aromatic carbocycles. The summed E-state index contributed by atoms with van der Waals surface area (Å²) in [6.45, 7) is 5.64. The molecule has 88 valence electrons. The van der Waals surface area contributed by atoms with E-state index in [2.05, 4.69) is 20.3 Å². The molecule has 1 rings (SSSR count). The molecule has 0 unspecified atom stereocenters. The second-order valence-corrected chi connectivity index (χ2v) is 7.52. The monoisotopic (exact) mass is 321 g/mol. The molecule has 1 aromatic rings. The molecule has 0 fully saturated rings. The van der Waals surface area contributed by atoms with Gasteiger partial charge in [-0.3, -0.25) is 0 Å². The molecule has 2 nitrogen and oxygen atoms in total. The van der Waals surface area contributed by atoms with Gasteiger partial charge in [0.1, 0.15) is 16.1 Å². The van der Waals surface area contributed by atoms with Gasteiger partial charge >= 0.3 is 0 Å². The van der Waals surface area contributed by atoms with Crippen LogP contribution in [0.25, 0.3) is 0 Å². The smallest absolute Gasteiger partial charge is 0.144 e. The van der Waals surface area contributed by atoms with Crippen LogP contribution in [0.15, 0.2) is 27.1 Å². The van der Waals surface area contributed by atoms with Gasteiger partial charge in [0.05, 0.1) is 11.2 Å². The summed E-state index contributed by atoms with van der Waals surface area (Å²) in [6, 6.07) is 5.48. The maximum absolute atomic E-state index is 11.7. The zero-order valence-electron chi connectivity index (χ0n) is 9.33. The molecule has 0 heterocycles. The Hall–Kier alpha value is -0.0300. The number of rotatable bonds is 2. The first-order valence-corrected chi connectivity index (χ1v) is 6.99. The Bertz CT molecular complexity index is 403. The highest BCUT2D eigenvalue weighted by atomic mass is 79.9. The second kappa shape index (κ2) is 5.54. The van der Waals surface area contributed by atoms with Gasteiger partial charge in [0.25, 0.3) is 0 Å². The summed E-state index contributed by atoms with van der Waals surface area (Å²) in [6.07, 6.45) is 1.55. The van der Waals surface area contributed by atoms with Crippen LogP contribution in [0.2, 0.25) is 5.02 Å². The van der Waals surface area contributed by atoms with Gasteiger partial charge in [-0.2, -0.15) is 0 Å². The summed E-state index contributed by atoms with van der Waals surface area (Å²) in [5.41, 5.74) is 0.766. The van der Waals surface area contributed by atoms with Crippen LogP contribution in [0, 0.1) is 0 Å². The van der Waals surface area contributed by atoms with E-state index >= 15 is 0 Å². The van der Waals surface area contributed by atoms with Crippen molar-refractivity contribution in [1.82, 2.24) is 0 Å². The van der Waals surface area contributed by atoms with Gasteiger partial charge in [-0.1, -0.05) is 38.0 Å². The van der Waals surface area contributed by atoms with Crippen molar-refractivity contribution in [3.63, 3.8) is 0 Å². The summed E-state index contributed by atoms with van der Waals surface area (Å²) < 4.78 is 16.2. The predicted octanol–water partition coefficient (Wildman–Crippen LogP) is 3.98. The van der Waals surface area contributed by atoms with Crippen molar-refractivity contribution < 1.29 is 4.55 Å². The molecule has 0 aromatic heterocycles. The number of hydrogen-bond acceptors (Lipinski definition) is 2. The first-order chi connectivity index (χ1) is 7.30. The Labute approximate surface area is 113 Å². The molecular formula is C11H13BrClNOS. The minimum atomic E-state index is -1.25. The fourth-order valence-electron chi connectivity index (χ4n) is 0.869. The molecule has 16 heavy (non-hydrogen) atoms. The molecule has 5 heteroatoms. The number of benzene rings is 1. The first-order valence-electron chi connectivity index (χ1n) is 4.72. The van der Waals surface area contributed by atoms with E-state index in [0.29, 0.717) is 5.02 Å². The van der Waals surface area contributed by atoms with Gasteiger partial charge < -0.3 is 4.55 Å². The van der Waals surface area contributed by atoms with Gasteiger partial charge in [-0.25, -0.2) is 0 Å². The zero-order chi connectivity index (χ0) is 12.3. The van der Waals surface area contributed by atoms with Gasteiger partial charge in [-0.05, 0) is 32.9 Å². The SMILES string of the molecule is CC(C)(C)[S@@+]([O-])N=Cc1ccc(Br)cc1Cl. The van der Waals surface area contributed by atoms with Crippen LogP contribution in [0.4, 0.5) is 0 Å². The third-order valence-electron chi connectivity index (χ3n) is 1.77. The lowest BCUT2D eigenvalue weighted by molar-refractivity contribution is 0.562. The lowest BCUT2D eigenvalue weighted by atomic mass is 10.2. The van der Waals surface area contributed by atoms with E-state index in [4.69, 9.17) is 11.6 Å². The molecule has 0 amide bonds. The van der Waals surface area contributed by atoms with E-state index in [1.54, 1.807) is 12.3 Å². The highest BCUT2D eigenvalue weighted by molar-refractivity contribution is 9.10.